The lowest BCUT2D eigenvalue weighted by Gasteiger charge is -2.05. The lowest BCUT2D eigenvalue weighted by molar-refractivity contribution is 0.103. The van der Waals surface area contributed by atoms with Crippen LogP contribution in [-0.4, -0.2) is 10.9 Å². The van der Waals surface area contributed by atoms with E-state index < -0.39 is 0 Å². The van der Waals surface area contributed by atoms with E-state index in [1.807, 2.05) is 18.4 Å². The normalized spacial score (nSPS) is 10.2. The summed E-state index contributed by atoms with van der Waals surface area (Å²) in [7, 11) is 0. The minimum absolute atomic E-state index is 0.0980. The van der Waals surface area contributed by atoms with Gasteiger partial charge < -0.3 is 5.32 Å². The van der Waals surface area contributed by atoms with E-state index in [-0.39, 0.29) is 5.91 Å². The lowest BCUT2D eigenvalue weighted by Crippen LogP contribution is -2.11. The van der Waals surface area contributed by atoms with Crippen LogP contribution < -0.4 is 5.32 Å². The third-order valence-corrected chi connectivity index (χ3v) is 3.48. The Morgan fingerprint density at radius 2 is 2.35 bits per heavy atom. The zero-order valence-electron chi connectivity index (χ0n) is 9.24. The van der Waals surface area contributed by atoms with Gasteiger partial charge in [0.15, 0.2) is 0 Å². The van der Waals surface area contributed by atoms with Gasteiger partial charge in [-0.25, -0.2) is 4.98 Å². The molecule has 0 aliphatic carbocycles. The van der Waals surface area contributed by atoms with Gasteiger partial charge >= 0.3 is 0 Å². The van der Waals surface area contributed by atoms with Crippen molar-refractivity contribution in [3.8, 4) is 0 Å². The number of thiophene rings is 1. The fraction of sp³-hybridized carbons (Fsp3) is 0.167. The van der Waals surface area contributed by atoms with Crippen LogP contribution in [0.3, 0.4) is 0 Å². The van der Waals surface area contributed by atoms with E-state index >= 15 is 0 Å². The number of nitrogens with zero attached hydrogens (tertiary/aromatic N) is 1. The van der Waals surface area contributed by atoms with Gasteiger partial charge in [-0.1, -0.05) is 18.5 Å². The number of aromatic nitrogens is 1. The summed E-state index contributed by atoms with van der Waals surface area (Å²) >= 11 is 7.20. The molecule has 0 unspecified atom stereocenters. The van der Waals surface area contributed by atoms with Crippen LogP contribution in [0.4, 0.5) is 5.69 Å². The van der Waals surface area contributed by atoms with Crippen LogP contribution in [-0.2, 0) is 6.42 Å². The van der Waals surface area contributed by atoms with E-state index in [9.17, 15) is 4.79 Å². The summed E-state index contributed by atoms with van der Waals surface area (Å²) in [5.74, 6) is -0.0980. The molecule has 0 aliphatic heterocycles. The molecule has 88 valence electrons. The third kappa shape index (κ3) is 2.84. The van der Waals surface area contributed by atoms with Crippen LogP contribution in [0.15, 0.2) is 29.8 Å². The highest BCUT2D eigenvalue weighted by molar-refractivity contribution is 7.12. The van der Waals surface area contributed by atoms with Gasteiger partial charge in [0, 0.05) is 11.9 Å². The first-order chi connectivity index (χ1) is 8.20. The molecular formula is C12H11ClN2OS. The Balaban J connectivity index is 2.17. The number of pyridine rings is 1. The molecule has 0 saturated carbocycles. The van der Waals surface area contributed by atoms with E-state index in [0.29, 0.717) is 10.8 Å². The molecule has 2 aromatic rings. The van der Waals surface area contributed by atoms with Crippen molar-refractivity contribution < 1.29 is 4.79 Å². The number of anilines is 1. The van der Waals surface area contributed by atoms with Crippen LogP contribution in [0.25, 0.3) is 0 Å². The van der Waals surface area contributed by atoms with Crippen molar-refractivity contribution in [3.05, 3.63) is 45.4 Å². The average molecular weight is 267 g/mol. The summed E-state index contributed by atoms with van der Waals surface area (Å²) in [6.07, 6.45) is 2.41. The molecule has 5 heteroatoms. The number of amides is 1. The Morgan fingerprint density at radius 3 is 3.06 bits per heavy atom. The maximum absolute atomic E-state index is 12.0. The lowest BCUT2D eigenvalue weighted by atomic mass is 10.2. The second-order valence-electron chi connectivity index (χ2n) is 3.45. The van der Waals surface area contributed by atoms with Crippen LogP contribution in [0.1, 0.15) is 22.2 Å². The van der Waals surface area contributed by atoms with Gasteiger partial charge in [-0.05, 0) is 35.6 Å². The molecule has 1 N–H and O–H groups in total. The van der Waals surface area contributed by atoms with Crippen LogP contribution in [0.2, 0.25) is 5.15 Å². The zero-order chi connectivity index (χ0) is 12.3. The first-order valence-corrected chi connectivity index (χ1v) is 6.45. The van der Waals surface area contributed by atoms with Crippen molar-refractivity contribution in [2.75, 3.05) is 5.32 Å². The summed E-state index contributed by atoms with van der Waals surface area (Å²) in [5.41, 5.74) is 1.72. The summed E-state index contributed by atoms with van der Waals surface area (Å²) in [6, 6.07) is 5.31. The Kier molecular flexibility index (Phi) is 3.76. The first kappa shape index (κ1) is 12.1. The molecular weight excluding hydrogens is 256 g/mol. The Hall–Kier alpha value is -1.39. The molecule has 3 nitrogen and oxygen atoms in total. The molecule has 0 fully saturated rings. The van der Waals surface area contributed by atoms with Gasteiger partial charge in [-0.15, -0.1) is 11.3 Å². The van der Waals surface area contributed by atoms with Crippen molar-refractivity contribution in [3.63, 3.8) is 0 Å². The number of carbonyl (C=O) groups excluding carboxylic acids is 1. The molecule has 2 aromatic heterocycles. The quantitative estimate of drug-likeness (QED) is 0.863. The first-order valence-electron chi connectivity index (χ1n) is 5.20. The predicted molar refractivity (Wildman–Crippen MR) is 70.9 cm³/mol. The molecule has 0 saturated heterocycles. The van der Waals surface area contributed by atoms with Crippen LogP contribution in [0.5, 0.6) is 0 Å². The molecule has 0 aromatic carbocycles. The number of rotatable bonds is 3. The van der Waals surface area contributed by atoms with Gasteiger partial charge in [0.05, 0.1) is 4.88 Å². The van der Waals surface area contributed by atoms with E-state index in [1.165, 1.54) is 11.3 Å². The molecule has 17 heavy (non-hydrogen) atoms. The molecule has 1 amide bonds. The number of carbonyl (C=O) groups is 1. The smallest absolute Gasteiger partial charge is 0.266 e. The number of hydrogen-bond acceptors (Lipinski definition) is 3. The highest BCUT2D eigenvalue weighted by atomic mass is 35.5. The van der Waals surface area contributed by atoms with E-state index in [1.54, 1.807) is 18.3 Å². The van der Waals surface area contributed by atoms with E-state index in [2.05, 4.69) is 10.3 Å². The highest BCUT2D eigenvalue weighted by Gasteiger charge is 2.12. The van der Waals surface area contributed by atoms with Gasteiger partial charge in [0.2, 0.25) is 0 Å². The summed E-state index contributed by atoms with van der Waals surface area (Å²) in [5, 5.41) is 5.10. The topological polar surface area (TPSA) is 42.0 Å². The largest absolute Gasteiger partial charge is 0.321 e. The zero-order valence-corrected chi connectivity index (χ0v) is 10.8. The molecule has 0 bridgehead atoms. The Morgan fingerprint density at radius 1 is 1.53 bits per heavy atom. The van der Waals surface area contributed by atoms with Crippen LogP contribution >= 0.6 is 22.9 Å². The highest BCUT2D eigenvalue weighted by Crippen LogP contribution is 2.20. The van der Waals surface area contributed by atoms with Gasteiger partial charge in [-0.2, -0.15) is 0 Å². The molecule has 2 heterocycles. The minimum Gasteiger partial charge on any atom is -0.321 e. The SMILES string of the molecule is CCc1ccsc1C(=O)Nc1ccnc(Cl)c1. The van der Waals surface area contributed by atoms with Crippen molar-refractivity contribution in [1.82, 2.24) is 4.98 Å². The number of aryl methyl sites for hydroxylation is 1. The van der Waals surface area contributed by atoms with Crippen molar-refractivity contribution >= 4 is 34.5 Å². The fourth-order valence-electron chi connectivity index (χ4n) is 1.48. The van der Waals surface area contributed by atoms with E-state index in [0.717, 1.165) is 16.9 Å². The minimum atomic E-state index is -0.0980. The molecule has 0 radical (unpaired) electrons. The maximum Gasteiger partial charge on any atom is 0.266 e. The standard InChI is InChI=1S/C12H11ClN2OS/c1-2-8-4-6-17-11(8)12(16)15-9-3-5-14-10(13)7-9/h3-7H,2H2,1H3,(H,14,15,16). The van der Waals surface area contributed by atoms with Gasteiger partial charge in [-0.3, -0.25) is 4.79 Å². The average Bonchev–Trinajstić information content (AvgIpc) is 2.77. The summed E-state index contributed by atoms with van der Waals surface area (Å²) in [4.78, 5) is 16.6. The summed E-state index contributed by atoms with van der Waals surface area (Å²) < 4.78 is 0. The third-order valence-electron chi connectivity index (χ3n) is 2.32. The van der Waals surface area contributed by atoms with Crippen molar-refractivity contribution in [2.24, 2.45) is 0 Å². The molecule has 2 rings (SSSR count). The Labute approximate surface area is 108 Å². The van der Waals surface area contributed by atoms with Crippen molar-refractivity contribution in [1.29, 1.82) is 0 Å². The van der Waals surface area contributed by atoms with Crippen LogP contribution in [0, 0.1) is 0 Å². The predicted octanol–water partition coefficient (Wildman–Crippen LogP) is 3.61. The molecule has 0 atom stereocenters. The fourth-order valence-corrected chi connectivity index (χ4v) is 2.55. The molecule has 0 spiro atoms. The second-order valence-corrected chi connectivity index (χ2v) is 4.75. The number of hydrogen-bond donors (Lipinski definition) is 1. The Bertz CT molecular complexity index is 539. The molecule has 0 aliphatic rings. The number of halogens is 1. The van der Waals surface area contributed by atoms with Gasteiger partial charge in [0.1, 0.15) is 5.15 Å². The number of nitrogens with one attached hydrogen (secondary N) is 1. The van der Waals surface area contributed by atoms with E-state index in [4.69, 9.17) is 11.6 Å². The maximum atomic E-state index is 12.0. The summed E-state index contributed by atoms with van der Waals surface area (Å²) in [6.45, 7) is 2.03. The van der Waals surface area contributed by atoms with Gasteiger partial charge in [0.25, 0.3) is 5.91 Å². The monoisotopic (exact) mass is 266 g/mol. The van der Waals surface area contributed by atoms with Crippen molar-refractivity contribution in [2.45, 2.75) is 13.3 Å². The second kappa shape index (κ2) is 5.29.